The van der Waals surface area contributed by atoms with E-state index in [1.165, 1.54) is 0 Å². The van der Waals surface area contributed by atoms with Crippen molar-refractivity contribution in [2.24, 2.45) is 0 Å². The molecule has 0 spiro atoms. The van der Waals surface area contributed by atoms with Gasteiger partial charge in [-0.3, -0.25) is 0 Å². The summed E-state index contributed by atoms with van der Waals surface area (Å²) in [6.45, 7) is 0. The van der Waals surface area contributed by atoms with Gasteiger partial charge in [0.2, 0.25) is 0 Å². The zero-order valence-electron chi connectivity index (χ0n) is 7.30. The van der Waals surface area contributed by atoms with Gasteiger partial charge in [0.15, 0.2) is 0 Å². The quantitative estimate of drug-likeness (QED) is 0.639. The summed E-state index contributed by atoms with van der Waals surface area (Å²) < 4.78 is 0. The van der Waals surface area contributed by atoms with Crippen molar-refractivity contribution in [3.05, 3.63) is 34.9 Å². The molecule has 0 fully saturated rings. The molecule has 0 bridgehead atoms. The van der Waals surface area contributed by atoms with E-state index in [4.69, 9.17) is 15.3 Å². The molecule has 1 aromatic rings. The third-order valence-electron chi connectivity index (χ3n) is 1.73. The van der Waals surface area contributed by atoms with Crippen molar-refractivity contribution in [2.45, 2.75) is 0 Å². The molecule has 15 heavy (non-hydrogen) atoms. The molecule has 0 aliphatic rings. The Kier molecular flexibility index (Phi) is 2.70. The van der Waals surface area contributed by atoms with Gasteiger partial charge in [0.05, 0.1) is 16.7 Å². The van der Waals surface area contributed by atoms with Gasteiger partial charge in [-0.05, 0) is 18.2 Å². The lowest BCUT2D eigenvalue weighted by atomic mass is 10.2. The Hall–Kier alpha value is -2.37. The van der Waals surface area contributed by atoms with E-state index >= 15 is 0 Å². The molecular formula is C9H6O6. The van der Waals surface area contributed by atoms with Crippen LogP contribution in [0.15, 0.2) is 18.2 Å². The first-order chi connectivity index (χ1) is 6.93. The summed E-state index contributed by atoms with van der Waals surface area (Å²) in [5.74, 6) is -4.20. The maximum atomic E-state index is 10.6. The smallest absolute Gasteiger partial charge is 0.336 e. The molecule has 1 aromatic carbocycles. The number of carboxylic acid groups (broad SMARTS) is 3. The summed E-state index contributed by atoms with van der Waals surface area (Å²) in [5, 5.41) is 25.9. The van der Waals surface area contributed by atoms with Gasteiger partial charge in [0.1, 0.15) is 0 Å². The molecule has 1 rings (SSSR count). The van der Waals surface area contributed by atoms with Crippen molar-refractivity contribution in [2.75, 3.05) is 0 Å². The van der Waals surface area contributed by atoms with Gasteiger partial charge in [-0.1, -0.05) is 0 Å². The van der Waals surface area contributed by atoms with E-state index in [9.17, 15) is 14.4 Å². The molecule has 0 atom stereocenters. The molecule has 0 aromatic heterocycles. The summed E-state index contributed by atoms with van der Waals surface area (Å²) >= 11 is 0. The molecule has 0 saturated heterocycles. The molecule has 6 nitrogen and oxygen atoms in total. The van der Waals surface area contributed by atoms with E-state index in [1.54, 1.807) is 0 Å². The van der Waals surface area contributed by atoms with Gasteiger partial charge in [-0.25, -0.2) is 14.4 Å². The monoisotopic (exact) mass is 213 g/mol. The topological polar surface area (TPSA) is 112 Å². The standard InChI is InChI=1S/C9H6O6/c10-7(11)4-1-2-5(8(12)13)6(3-4)9(14)15/h1-3H,(H,10,11)(H,12,13)(H,14,15)/i7+1,8+1,9+1. The fourth-order valence-electron chi connectivity index (χ4n) is 1.04. The van der Waals surface area contributed by atoms with Crippen LogP contribution in [-0.2, 0) is 0 Å². The van der Waals surface area contributed by atoms with Crippen LogP contribution in [-0.4, -0.2) is 33.2 Å². The summed E-state index contributed by atoms with van der Waals surface area (Å²) in [6.07, 6.45) is 0. The second kappa shape index (κ2) is 3.79. The summed E-state index contributed by atoms with van der Waals surface area (Å²) in [6, 6.07) is 2.81. The second-order valence-electron chi connectivity index (χ2n) is 2.68. The predicted molar refractivity (Wildman–Crippen MR) is 47.3 cm³/mol. The highest BCUT2D eigenvalue weighted by Crippen LogP contribution is 2.12. The zero-order valence-corrected chi connectivity index (χ0v) is 7.30. The van der Waals surface area contributed by atoms with Crippen molar-refractivity contribution in [3.63, 3.8) is 0 Å². The zero-order chi connectivity index (χ0) is 11.6. The van der Waals surface area contributed by atoms with E-state index in [1.807, 2.05) is 0 Å². The Morgan fingerprint density at radius 3 is 1.73 bits per heavy atom. The molecule has 6 heteroatoms. The Morgan fingerprint density at radius 2 is 1.33 bits per heavy atom. The lowest BCUT2D eigenvalue weighted by Gasteiger charge is -2.02. The number of hydrogen-bond donors (Lipinski definition) is 3. The van der Waals surface area contributed by atoms with E-state index in [-0.39, 0.29) is 5.56 Å². The summed E-state index contributed by atoms with van der Waals surface area (Å²) in [7, 11) is 0. The molecule has 0 aliphatic carbocycles. The molecule has 0 amide bonds. The molecule has 0 heterocycles. The summed E-state index contributed by atoms with van der Waals surface area (Å²) in [4.78, 5) is 31.8. The molecule has 0 aliphatic heterocycles. The Labute approximate surface area is 83.4 Å². The first kappa shape index (κ1) is 10.7. The number of carboxylic acids is 3. The van der Waals surface area contributed by atoms with Crippen LogP contribution in [0.3, 0.4) is 0 Å². The van der Waals surface area contributed by atoms with Crippen LogP contribution in [0.2, 0.25) is 0 Å². The minimum absolute atomic E-state index is 0.266. The van der Waals surface area contributed by atoms with Crippen LogP contribution < -0.4 is 0 Å². The first-order valence-corrected chi connectivity index (χ1v) is 3.77. The third-order valence-corrected chi connectivity index (χ3v) is 1.73. The molecular weight excluding hydrogens is 207 g/mol. The van der Waals surface area contributed by atoms with E-state index < -0.39 is 29.0 Å². The average Bonchev–Trinajstić information content (AvgIpc) is 2.16. The van der Waals surface area contributed by atoms with Crippen LogP contribution in [0.25, 0.3) is 0 Å². The molecule has 0 radical (unpaired) electrons. The van der Waals surface area contributed by atoms with Gasteiger partial charge in [-0.15, -0.1) is 0 Å². The van der Waals surface area contributed by atoms with Gasteiger partial charge >= 0.3 is 17.9 Å². The van der Waals surface area contributed by atoms with Crippen LogP contribution in [0, 0.1) is 0 Å². The van der Waals surface area contributed by atoms with Crippen LogP contribution in [0.1, 0.15) is 31.1 Å². The minimum Gasteiger partial charge on any atom is -0.478 e. The van der Waals surface area contributed by atoms with Crippen molar-refractivity contribution in [1.82, 2.24) is 0 Å². The Bertz CT molecular complexity index is 448. The second-order valence-corrected chi connectivity index (χ2v) is 2.68. The predicted octanol–water partition coefficient (Wildman–Crippen LogP) is 0.781. The molecule has 3 N–H and O–H groups in total. The number of hydrogen-bond acceptors (Lipinski definition) is 3. The largest absolute Gasteiger partial charge is 0.478 e. The van der Waals surface area contributed by atoms with Crippen molar-refractivity contribution in [1.29, 1.82) is 0 Å². The highest BCUT2D eigenvalue weighted by molar-refractivity contribution is 6.03. The third kappa shape index (κ3) is 2.11. The number of rotatable bonds is 3. The fourth-order valence-corrected chi connectivity index (χ4v) is 1.04. The van der Waals surface area contributed by atoms with Gasteiger partial charge in [-0.2, -0.15) is 0 Å². The van der Waals surface area contributed by atoms with Crippen molar-refractivity contribution < 1.29 is 29.7 Å². The fraction of sp³-hybridized carbons (Fsp3) is 0. The van der Waals surface area contributed by atoms with Crippen LogP contribution in [0.5, 0.6) is 0 Å². The normalized spacial score (nSPS) is 9.60. The van der Waals surface area contributed by atoms with Gasteiger partial charge in [0, 0.05) is 0 Å². The van der Waals surface area contributed by atoms with E-state index in [0.717, 1.165) is 18.2 Å². The Balaban J connectivity index is 3.40. The minimum atomic E-state index is -1.48. The van der Waals surface area contributed by atoms with Crippen molar-refractivity contribution in [3.8, 4) is 0 Å². The van der Waals surface area contributed by atoms with E-state index in [2.05, 4.69) is 0 Å². The average molecular weight is 213 g/mol. The number of benzene rings is 1. The van der Waals surface area contributed by atoms with E-state index in [0.29, 0.717) is 0 Å². The number of carbonyl (C=O) groups is 3. The summed E-state index contributed by atoms with van der Waals surface area (Å²) in [5.41, 5.74) is -1.24. The maximum Gasteiger partial charge on any atom is 0.336 e. The maximum absolute atomic E-state index is 10.6. The SMILES string of the molecule is O=[13C](O)c1ccc([13C](=O)O)c([13C](=O)O)c1. The first-order valence-electron chi connectivity index (χ1n) is 3.77. The van der Waals surface area contributed by atoms with Gasteiger partial charge in [0.25, 0.3) is 0 Å². The van der Waals surface area contributed by atoms with Crippen LogP contribution in [0.4, 0.5) is 0 Å². The van der Waals surface area contributed by atoms with Crippen molar-refractivity contribution >= 4 is 17.9 Å². The van der Waals surface area contributed by atoms with Crippen LogP contribution >= 0.6 is 0 Å². The lowest BCUT2D eigenvalue weighted by Crippen LogP contribution is -2.10. The Morgan fingerprint density at radius 1 is 0.800 bits per heavy atom. The van der Waals surface area contributed by atoms with Gasteiger partial charge < -0.3 is 15.3 Å². The lowest BCUT2D eigenvalue weighted by molar-refractivity contribution is 0.0649. The molecule has 0 unspecified atom stereocenters. The number of aromatic carboxylic acids is 3. The molecule has 78 valence electrons. The highest BCUT2D eigenvalue weighted by Gasteiger charge is 2.17. The molecule has 0 saturated carbocycles. The highest BCUT2D eigenvalue weighted by atomic mass is 16.5.